The smallest absolute Gasteiger partial charge is 0.0490 e. The molecule has 76 valence electrons. The van der Waals surface area contributed by atoms with E-state index in [0.717, 1.165) is 10.9 Å². The molecule has 0 spiro atoms. The quantitative estimate of drug-likeness (QED) is 0.880. The average molecular weight is 255 g/mol. The summed E-state index contributed by atoms with van der Waals surface area (Å²) in [5, 5.41) is 9.24. The Hall–Kier alpha value is -0.340. The zero-order chi connectivity index (χ0) is 10.2. The molecule has 0 unspecified atom stereocenters. The van der Waals surface area contributed by atoms with E-state index < -0.39 is 0 Å². The first-order valence-corrected chi connectivity index (χ1v) is 5.80. The Kier molecular flexibility index (Phi) is 2.67. The van der Waals surface area contributed by atoms with Crippen LogP contribution in [0, 0.1) is 12.3 Å². The summed E-state index contributed by atoms with van der Waals surface area (Å²) in [5.74, 6) is 0. The van der Waals surface area contributed by atoms with Gasteiger partial charge in [0.25, 0.3) is 0 Å². The van der Waals surface area contributed by atoms with Crippen molar-refractivity contribution in [3.63, 3.8) is 0 Å². The zero-order valence-electron chi connectivity index (χ0n) is 8.39. The van der Waals surface area contributed by atoms with Crippen LogP contribution < -0.4 is 0 Å². The van der Waals surface area contributed by atoms with Gasteiger partial charge in [0.15, 0.2) is 0 Å². The number of benzene rings is 1. The molecule has 1 aliphatic rings. The molecule has 2 rings (SSSR count). The molecule has 0 heterocycles. The van der Waals surface area contributed by atoms with Crippen LogP contribution in [0.2, 0.25) is 0 Å². The molecular formula is C12H15BrO. The van der Waals surface area contributed by atoms with E-state index in [1.807, 2.05) is 0 Å². The van der Waals surface area contributed by atoms with Gasteiger partial charge in [-0.3, -0.25) is 0 Å². The van der Waals surface area contributed by atoms with Crippen molar-refractivity contribution in [1.29, 1.82) is 0 Å². The number of rotatable bonds is 3. The standard InChI is InChI=1S/C12H15BrO/c1-9-4-10(6-11(13)5-9)7-12(8-14)2-3-12/h4-6,14H,2-3,7-8H2,1H3. The summed E-state index contributed by atoms with van der Waals surface area (Å²) < 4.78 is 1.14. The Bertz CT molecular complexity index is 322. The van der Waals surface area contributed by atoms with Gasteiger partial charge in [0.2, 0.25) is 0 Å². The molecule has 1 fully saturated rings. The summed E-state index contributed by atoms with van der Waals surface area (Å²) >= 11 is 3.50. The first-order chi connectivity index (χ1) is 6.63. The molecule has 1 aliphatic carbocycles. The Morgan fingerprint density at radius 1 is 1.36 bits per heavy atom. The van der Waals surface area contributed by atoms with E-state index in [1.54, 1.807) is 0 Å². The lowest BCUT2D eigenvalue weighted by atomic mass is 9.96. The van der Waals surface area contributed by atoms with Crippen LogP contribution in [0.1, 0.15) is 24.0 Å². The molecule has 2 heteroatoms. The highest BCUT2D eigenvalue weighted by Crippen LogP contribution is 2.47. The Labute approximate surface area is 93.3 Å². The number of hydrogen-bond donors (Lipinski definition) is 1. The fourth-order valence-electron chi connectivity index (χ4n) is 1.91. The van der Waals surface area contributed by atoms with Crippen molar-refractivity contribution in [3.05, 3.63) is 33.8 Å². The van der Waals surface area contributed by atoms with Crippen LogP contribution in [-0.2, 0) is 6.42 Å². The van der Waals surface area contributed by atoms with Gasteiger partial charge in [-0.2, -0.15) is 0 Å². The van der Waals surface area contributed by atoms with E-state index >= 15 is 0 Å². The van der Waals surface area contributed by atoms with Crippen LogP contribution in [0.15, 0.2) is 22.7 Å². The minimum atomic E-state index is 0.216. The lowest BCUT2D eigenvalue weighted by molar-refractivity contribution is 0.211. The van der Waals surface area contributed by atoms with Gasteiger partial charge in [-0.25, -0.2) is 0 Å². The van der Waals surface area contributed by atoms with Crippen molar-refractivity contribution in [1.82, 2.24) is 0 Å². The van der Waals surface area contributed by atoms with Crippen molar-refractivity contribution in [3.8, 4) is 0 Å². The maximum atomic E-state index is 9.24. The van der Waals surface area contributed by atoms with E-state index in [1.165, 1.54) is 24.0 Å². The molecule has 1 N–H and O–H groups in total. The predicted molar refractivity (Wildman–Crippen MR) is 61.3 cm³/mol. The van der Waals surface area contributed by atoms with Gasteiger partial charge in [-0.1, -0.05) is 22.0 Å². The minimum Gasteiger partial charge on any atom is -0.396 e. The molecule has 0 aliphatic heterocycles. The average Bonchev–Trinajstić information content (AvgIpc) is 2.83. The third kappa shape index (κ3) is 2.18. The van der Waals surface area contributed by atoms with Crippen molar-refractivity contribution in [2.24, 2.45) is 5.41 Å². The summed E-state index contributed by atoms with van der Waals surface area (Å²) in [6.07, 6.45) is 3.37. The highest BCUT2D eigenvalue weighted by atomic mass is 79.9. The van der Waals surface area contributed by atoms with Crippen LogP contribution in [0.25, 0.3) is 0 Å². The molecule has 14 heavy (non-hydrogen) atoms. The maximum absolute atomic E-state index is 9.24. The number of aryl methyl sites for hydroxylation is 1. The Morgan fingerprint density at radius 3 is 2.57 bits per heavy atom. The second-order valence-corrected chi connectivity index (χ2v) is 5.39. The van der Waals surface area contributed by atoms with Gasteiger partial charge in [-0.15, -0.1) is 0 Å². The van der Waals surface area contributed by atoms with Crippen LogP contribution in [0.3, 0.4) is 0 Å². The maximum Gasteiger partial charge on any atom is 0.0490 e. The third-order valence-corrected chi connectivity index (χ3v) is 3.43. The molecule has 1 aromatic rings. The number of aliphatic hydroxyl groups is 1. The van der Waals surface area contributed by atoms with Gasteiger partial charge in [0, 0.05) is 11.1 Å². The first-order valence-electron chi connectivity index (χ1n) is 5.01. The van der Waals surface area contributed by atoms with E-state index in [0.29, 0.717) is 6.61 Å². The van der Waals surface area contributed by atoms with E-state index in [2.05, 4.69) is 41.1 Å². The highest BCUT2D eigenvalue weighted by Gasteiger charge is 2.41. The highest BCUT2D eigenvalue weighted by molar-refractivity contribution is 9.10. The SMILES string of the molecule is Cc1cc(Br)cc(CC2(CO)CC2)c1. The minimum absolute atomic E-state index is 0.216. The second kappa shape index (κ2) is 3.67. The van der Waals surface area contributed by atoms with Crippen molar-refractivity contribution >= 4 is 15.9 Å². The van der Waals surface area contributed by atoms with Crippen LogP contribution in [-0.4, -0.2) is 11.7 Å². The zero-order valence-corrected chi connectivity index (χ0v) is 9.97. The predicted octanol–water partition coefficient (Wildman–Crippen LogP) is 3.07. The van der Waals surface area contributed by atoms with Crippen LogP contribution >= 0.6 is 15.9 Å². The fraction of sp³-hybridized carbons (Fsp3) is 0.500. The first kappa shape index (κ1) is 10.2. The topological polar surface area (TPSA) is 20.2 Å². The summed E-state index contributed by atoms with van der Waals surface area (Å²) in [7, 11) is 0. The number of aliphatic hydroxyl groups excluding tert-OH is 1. The van der Waals surface area contributed by atoms with Gasteiger partial charge in [0.05, 0.1) is 0 Å². The molecule has 0 aromatic heterocycles. The molecule has 1 saturated carbocycles. The molecule has 1 aromatic carbocycles. The number of hydrogen-bond acceptors (Lipinski definition) is 1. The van der Waals surface area contributed by atoms with Gasteiger partial charge in [-0.05, 0) is 54.9 Å². The molecule has 1 nitrogen and oxygen atoms in total. The summed E-state index contributed by atoms with van der Waals surface area (Å²) in [6.45, 7) is 2.44. The lowest BCUT2D eigenvalue weighted by Crippen LogP contribution is -2.10. The largest absolute Gasteiger partial charge is 0.396 e. The van der Waals surface area contributed by atoms with Crippen LogP contribution in [0.4, 0.5) is 0 Å². The normalized spacial score (nSPS) is 18.2. The van der Waals surface area contributed by atoms with Crippen molar-refractivity contribution in [2.45, 2.75) is 26.2 Å². The van der Waals surface area contributed by atoms with Crippen molar-refractivity contribution < 1.29 is 5.11 Å². The van der Waals surface area contributed by atoms with E-state index in [9.17, 15) is 5.11 Å². The van der Waals surface area contributed by atoms with Gasteiger partial charge < -0.3 is 5.11 Å². The van der Waals surface area contributed by atoms with Crippen LogP contribution in [0.5, 0.6) is 0 Å². The van der Waals surface area contributed by atoms with Crippen molar-refractivity contribution in [2.75, 3.05) is 6.61 Å². The molecule has 0 atom stereocenters. The molecular weight excluding hydrogens is 240 g/mol. The second-order valence-electron chi connectivity index (χ2n) is 4.47. The monoisotopic (exact) mass is 254 g/mol. The summed E-state index contributed by atoms with van der Waals surface area (Å²) in [6, 6.07) is 6.48. The van der Waals surface area contributed by atoms with Gasteiger partial charge in [0.1, 0.15) is 0 Å². The van der Waals surface area contributed by atoms with E-state index in [-0.39, 0.29) is 5.41 Å². The molecule has 0 bridgehead atoms. The summed E-state index contributed by atoms with van der Waals surface area (Å²) in [4.78, 5) is 0. The Morgan fingerprint density at radius 2 is 2.07 bits per heavy atom. The van der Waals surface area contributed by atoms with Gasteiger partial charge >= 0.3 is 0 Å². The molecule has 0 saturated heterocycles. The lowest BCUT2D eigenvalue weighted by Gasteiger charge is -2.12. The Balaban J connectivity index is 2.16. The molecule has 0 amide bonds. The van der Waals surface area contributed by atoms with E-state index in [4.69, 9.17) is 0 Å². The number of halogens is 1. The molecule has 0 radical (unpaired) electrons. The third-order valence-electron chi connectivity index (χ3n) is 2.97. The fourth-order valence-corrected chi connectivity index (χ4v) is 2.57. The summed E-state index contributed by atoms with van der Waals surface area (Å²) in [5.41, 5.74) is 2.83.